The summed E-state index contributed by atoms with van der Waals surface area (Å²) in [6.45, 7) is 3.69. The number of aromatic nitrogens is 1. The Kier molecular flexibility index (Phi) is 24.2. The minimum atomic E-state index is -2.39. The molecule has 1 unspecified atom stereocenters. The highest BCUT2D eigenvalue weighted by molar-refractivity contribution is 7.99. The third-order valence-corrected chi connectivity index (χ3v) is 18.9. The van der Waals surface area contributed by atoms with Gasteiger partial charge >= 0.3 is 0 Å². The van der Waals surface area contributed by atoms with Crippen molar-refractivity contribution in [2.75, 3.05) is 58.8 Å². The van der Waals surface area contributed by atoms with Gasteiger partial charge in [0.25, 0.3) is 0 Å². The first-order valence-electron chi connectivity index (χ1n) is 27.9. The molecule has 1 aromatic carbocycles. The summed E-state index contributed by atoms with van der Waals surface area (Å²) in [5.74, 6) is -7.16. The molecule has 28 heteroatoms. The van der Waals surface area contributed by atoms with E-state index in [9.17, 15) is 63.3 Å². The quantitative estimate of drug-likeness (QED) is 0.0617. The van der Waals surface area contributed by atoms with Gasteiger partial charge in [-0.25, -0.2) is 5.90 Å². The molecule has 4 aliphatic heterocycles. The van der Waals surface area contributed by atoms with Gasteiger partial charge < -0.3 is 72.0 Å². The number of H-pyrrole nitrogens is 1. The maximum Gasteiger partial charge on any atom is 0.246 e. The van der Waals surface area contributed by atoms with Crippen LogP contribution in [-0.4, -0.2) is 194 Å². The molecule has 2 fully saturated rings. The second kappa shape index (κ2) is 30.5. The molecule has 454 valence electrons. The average Bonchev–Trinajstić information content (AvgIpc) is 3.17. The fraction of sp³-hybridized carbons (Fsp3) is 0.667. The molecule has 0 radical (unpaired) electrons. The van der Waals surface area contributed by atoms with Gasteiger partial charge in [0.05, 0.1) is 80.2 Å². The van der Waals surface area contributed by atoms with Crippen molar-refractivity contribution in [3.8, 4) is 5.75 Å². The standard InChI is InChI=1S/C54H80N10O16S2/c1-5-28(2)35-19-31(66)22-57-49(73)30-17-36-34-10-11-43(79-4)37(26-81-33-12-14-63(15-13-33)46(72)9-7-6-8-16-80-56)48(34)62-53(36)82(78)27-39(59-45(71)23-58-50(35)74)51(75)60-38(21-44(55)70)54(77)64-24-32(67)20-40(64)52(76)61-47(41(68)18-30)29(3)42(69)25-65/h10-11,28-30,32-33,35,38-40,42,47,62,65,67,69H,5-9,12-27,56H2,1-4H3,(H2,55,70)(H,57,73)(H,58,74)(H,59,71)(H,60,75)(H,61,76)/t28-,29-,30+,32+,35-,38-,39-,40-,42-,47-,82?/m0/s1. The number of carbonyl (C=O) groups excluding carboxylic acids is 10. The fourth-order valence-corrected chi connectivity index (χ4v) is 13.6. The zero-order chi connectivity index (χ0) is 59.9. The second-order valence-electron chi connectivity index (χ2n) is 21.8. The van der Waals surface area contributed by atoms with Gasteiger partial charge in [-0.05, 0) is 55.7 Å². The van der Waals surface area contributed by atoms with Gasteiger partial charge in [-0.1, -0.05) is 33.6 Å². The molecule has 2 bridgehead atoms. The predicted molar refractivity (Wildman–Crippen MR) is 299 cm³/mol. The van der Waals surface area contributed by atoms with Crippen molar-refractivity contribution in [1.29, 1.82) is 0 Å². The lowest BCUT2D eigenvalue weighted by Gasteiger charge is -2.32. The maximum atomic E-state index is 15.4. The summed E-state index contributed by atoms with van der Waals surface area (Å²) in [7, 11) is -0.920. The number of nitrogens with zero attached hydrogens (tertiary/aromatic N) is 2. The molecule has 0 spiro atoms. The highest BCUT2D eigenvalue weighted by atomic mass is 32.2. The molecular formula is C54H80N10O16S2. The van der Waals surface area contributed by atoms with E-state index < -0.39 is 181 Å². The lowest BCUT2D eigenvalue weighted by atomic mass is 9.85. The summed E-state index contributed by atoms with van der Waals surface area (Å²) < 4.78 is 21.3. The first-order chi connectivity index (χ1) is 39.1. The van der Waals surface area contributed by atoms with Gasteiger partial charge in [0.15, 0.2) is 11.6 Å². The number of fused-ring (bicyclic) bond motifs is 5. The number of rotatable bonds is 17. The van der Waals surface area contributed by atoms with E-state index in [0.717, 1.165) is 17.7 Å². The second-order valence-corrected chi connectivity index (χ2v) is 24.5. The van der Waals surface area contributed by atoms with Crippen LogP contribution in [0.25, 0.3) is 10.9 Å². The lowest BCUT2D eigenvalue weighted by molar-refractivity contribution is -0.144. The number of thioether (sulfide) groups is 1. The van der Waals surface area contributed by atoms with Crippen LogP contribution in [0.15, 0.2) is 17.2 Å². The number of carbonyl (C=O) groups is 10. The molecular weight excluding hydrogens is 1110 g/mol. The number of ether oxygens (including phenoxy) is 1. The number of nitrogens with two attached hydrogens (primary N) is 2. The summed E-state index contributed by atoms with van der Waals surface area (Å²) in [4.78, 5) is 151. The van der Waals surface area contributed by atoms with Gasteiger partial charge in [-0.2, -0.15) is 11.8 Å². The Hall–Kier alpha value is -6.04. The summed E-state index contributed by atoms with van der Waals surface area (Å²) in [5, 5.41) is 45.1. The van der Waals surface area contributed by atoms with Crippen molar-refractivity contribution in [3.05, 3.63) is 23.3 Å². The maximum absolute atomic E-state index is 15.4. The molecule has 8 amide bonds. The van der Waals surface area contributed by atoms with Gasteiger partial charge in [-0.15, -0.1) is 0 Å². The number of primary amides is 1. The highest BCUT2D eigenvalue weighted by Gasteiger charge is 2.45. The van der Waals surface area contributed by atoms with E-state index in [1.165, 1.54) is 14.0 Å². The number of aromatic amines is 1. The van der Waals surface area contributed by atoms with E-state index in [1.54, 1.807) is 37.7 Å². The van der Waals surface area contributed by atoms with Crippen molar-refractivity contribution >= 4 is 92.3 Å². The minimum absolute atomic E-state index is 0.0650. The Balaban J connectivity index is 1.50. The monoisotopic (exact) mass is 1190 g/mol. The number of ketones is 2. The molecule has 5 heterocycles. The number of nitrogens with one attached hydrogen (secondary N) is 6. The Bertz CT molecular complexity index is 2700. The average molecular weight is 1190 g/mol. The first kappa shape index (κ1) is 65.1. The summed E-state index contributed by atoms with van der Waals surface area (Å²) in [6, 6.07) is -3.55. The molecule has 26 nitrogen and oxygen atoms in total. The van der Waals surface area contributed by atoms with Gasteiger partial charge in [0.2, 0.25) is 47.3 Å². The van der Waals surface area contributed by atoms with Crippen LogP contribution in [0.4, 0.5) is 0 Å². The number of aliphatic hydroxyl groups is 3. The Morgan fingerprint density at radius 3 is 2.30 bits per heavy atom. The summed E-state index contributed by atoms with van der Waals surface area (Å²) in [6.07, 6.45) is -1.21. The molecule has 0 aliphatic carbocycles. The number of hydrogen-bond acceptors (Lipinski definition) is 18. The van der Waals surface area contributed by atoms with E-state index in [1.807, 2.05) is 4.90 Å². The molecule has 4 aliphatic rings. The van der Waals surface area contributed by atoms with Crippen molar-refractivity contribution < 1.29 is 77.0 Å². The van der Waals surface area contributed by atoms with Crippen LogP contribution in [0.2, 0.25) is 0 Å². The first-order valence-corrected chi connectivity index (χ1v) is 30.3. The fourth-order valence-electron chi connectivity index (χ4n) is 11.0. The molecule has 2 saturated heterocycles. The van der Waals surface area contributed by atoms with Crippen LogP contribution in [0.5, 0.6) is 5.75 Å². The SMILES string of the molecule is CC[C@H](C)[C@@H]1CC(=O)CNC(=O)[C@H]2CC(=O)[C@H]([C@@H](C)[C@@H](O)CO)NC(=O)[C@@H]3C[C@@H](O)CN3C(=O)[C@H](CC(N)=O)NC(=O)[C@H](CS(=O)c3[nH]c4c(CSC5CCN(C(=O)CCCCCON)CC5)c(OC)ccc4c3C2)NC(=O)CNC1=O. The van der Waals surface area contributed by atoms with Crippen molar-refractivity contribution in [2.24, 2.45) is 35.3 Å². The lowest BCUT2D eigenvalue weighted by Crippen LogP contribution is -2.60. The minimum Gasteiger partial charge on any atom is -0.496 e. The van der Waals surface area contributed by atoms with Crippen molar-refractivity contribution in [2.45, 2.75) is 150 Å². The summed E-state index contributed by atoms with van der Waals surface area (Å²) >= 11 is 1.61. The molecule has 6 rings (SSSR count). The van der Waals surface area contributed by atoms with Crippen molar-refractivity contribution in [3.63, 3.8) is 0 Å². The normalized spacial score (nSPS) is 26.4. The number of amides is 8. The number of likely N-dealkylation sites (tertiary alicyclic amines) is 1. The number of piperidine rings is 1. The molecule has 11 atom stereocenters. The zero-order valence-corrected chi connectivity index (χ0v) is 48.5. The zero-order valence-electron chi connectivity index (χ0n) is 46.9. The molecule has 0 saturated carbocycles. The van der Waals surface area contributed by atoms with Crippen LogP contribution >= 0.6 is 11.8 Å². The van der Waals surface area contributed by atoms with Gasteiger partial charge in [-0.3, -0.25) is 52.2 Å². The largest absolute Gasteiger partial charge is 0.496 e. The van der Waals surface area contributed by atoms with E-state index in [-0.39, 0.29) is 28.2 Å². The summed E-state index contributed by atoms with van der Waals surface area (Å²) in [5.41, 5.74) is 6.82. The third kappa shape index (κ3) is 16.8. The van der Waals surface area contributed by atoms with Crippen LogP contribution in [-0.2, 0) is 75.8 Å². The Morgan fingerprint density at radius 2 is 1.63 bits per heavy atom. The molecule has 2 aromatic rings. The third-order valence-electron chi connectivity index (χ3n) is 16.1. The van der Waals surface area contributed by atoms with Gasteiger partial charge in [0, 0.05) is 85.0 Å². The highest BCUT2D eigenvalue weighted by Crippen LogP contribution is 2.39. The number of aliphatic hydroxyl groups excluding tert-OH is 3. The van der Waals surface area contributed by atoms with Crippen LogP contribution in [0, 0.1) is 23.7 Å². The predicted octanol–water partition coefficient (Wildman–Crippen LogP) is -1.76. The number of methoxy groups -OCH3 is 1. The van der Waals surface area contributed by atoms with Crippen molar-refractivity contribution in [1.82, 2.24) is 41.4 Å². The van der Waals surface area contributed by atoms with Crippen LogP contribution in [0.1, 0.15) is 103 Å². The number of benzene rings is 1. The molecule has 82 heavy (non-hydrogen) atoms. The van der Waals surface area contributed by atoms with Crippen LogP contribution in [0.3, 0.4) is 0 Å². The van der Waals surface area contributed by atoms with E-state index in [4.69, 9.17) is 16.4 Å². The van der Waals surface area contributed by atoms with E-state index in [2.05, 4.69) is 36.4 Å². The van der Waals surface area contributed by atoms with E-state index >= 15 is 4.21 Å². The smallest absolute Gasteiger partial charge is 0.246 e. The number of Topliss-reactive ketones (excluding diaryl/α,β-unsaturated/α-hetero) is 2. The Labute approximate surface area is 482 Å². The molecule has 13 N–H and O–H groups in total. The molecule has 1 aromatic heterocycles. The number of unbranched alkanes of at least 4 members (excludes halogenated alkanes) is 2. The van der Waals surface area contributed by atoms with E-state index in [0.29, 0.717) is 79.8 Å². The topological polar surface area (TPSA) is 401 Å². The van der Waals surface area contributed by atoms with Gasteiger partial charge in [0.1, 0.15) is 28.9 Å². The Morgan fingerprint density at radius 1 is 0.915 bits per heavy atom. The van der Waals surface area contributed by atoms with Crippen LogP contribution < -0.4 is 43.0 Å². The number of hydrogen-bond donors (Lipinski definition) is 11.